The Morgan fingerprint density at radius 2 is 1.59 bits per heavy atom. The number of fused-ring (bicyclic) bond motifs is 1. The molecular formula is C32H40ClN3O3. The molecule has 0 unspecified atom stereocenters. The third-order valence-electron chi connectivity index (χ3n) is 7.02. The number of aryl methyl sites for hydroxylation is 1. The van der Waals surface area contributed by atoms with Gasteiger partial charge in [-0.15, -0.1) is 0 Å². The second-order valence-corrected chi connectivity index (χ2v) is 10.2. The van der Waals surface area contributed by atoms with Gasteiger partial charge in [-0.25, -0.2) is 4.98 Å². The Balaban J connectivity index is 1.49. The third kappa shape index (κ3) is 7.68. The van der Waals surface area contributed by atoms with Gasteiger partial charge in [0.15, 0.2) is 0 Å². The molecule has 0 aliphatic heterocycles. The number of benzene rings is 3. The largest absolute Gasteiger partial charge is 0.507 e. The zero-order valence-corrected chi connectivity index (χ0v) is 24.1. The number of rotatable bonds is 15. The van der Waals surface area contributed by atoms with Gasteiger partial charge in [0.05, 0.1) is 29.8 Å². The van der Waals surface area contributed by atoms with Gasteiger partial charge in [-0.2, -0.15) is 0 Å². The van der Waals surface area contributed by atoms with Crippen LogP contribution < -0.4 is 9.47 Å². The molecule has 0 fully saturated rings. The van der Waals surface area contributed by atoms with Crippen LogP contribution in [0.4, 0.5) is 0 Å². The number of aromatic nitrogens is 2. The van der Waals surface area contributed by atoms with Crippen molar-refractivity contribution < 1.29 is 14.6 Å². The number of nitrogens with zero attached hydrogens (tertiary/aromatic N) is 3. The first-order chi connectivity index (χ1) is 19.0. The Bertz CT molecular complexity index is 1330. The smallest absolute Gasteiger partial charge is 0.144 e. The highest BCUT2D eigenvalue weighted by Crippen LogP contribution is 2.35. The van der Waals surface area contributed by atoms with Crippen LogP contribution in [0.2, 0.25) is 5.02 Å². The van der Waals surface area contributed by atoms with Crippen molar-refractivity contribution in [3.63, 3.8) is 0 Å². The fourth-order valence-corrected chi connectivity index (χ4v) is 4.81. The average molecular weight is 550 g/mol. The van der Waals surface area contributed by atoms with Gasteiger partial charge in [-0.05, 0) is 67.9 Å². The topological polar surface area (TPSA) is 59.8 Å². The maximum Gasteiger partial charge on any atom is 0.144 e. The Morgan fingerprint density at radius 3 is 2.31 bits per heavy atom. The molecule has 6 nitrogen and oxygen atoms in total. The lowest BCUT2D eigenvalue weighted by Crippen LogP contribution is -2.25. The first kappa shape index (κ1) is 28.8. The summed E-state index contributed by atoms with van der Waals surface area (Å²) in [6.07, 6.45) is 3.82. The maximum absolute atomic E-state index is 11.0. The zero-order valence-electron chi connectivity index (χ0n) is 23.3. The summed E-state index contributed by atoms with van der Waals surface area (Å²) in [4.78, 5) is 7.31. The summed E-state index contributed by atoms with van der Waals surface area (Å²) in [7, 11) is 0. The van der Waals surface area contributed by atoms with Gasteiger partial charge in [-0.1, -0.05) is 50.9 Å². The van der Waals surface area contributed by atoms with E-state index in [2.05, 4.69) is 36.3 Å². The summed E-state index contributed by atoms with van der Waals surface area (Å²) >= 11 is 5.97. The van der Waals surface area contributed by atoms with E-state index in [1.807, 2.05) is 48.5 Å². The molecule has 39 heavy (non-hydrogen) atoms. The van der Waals surface area contributed by atoms with E-state index in [1.165, 1.54) is 0 Å². The lowest BCUT2D eigenvalue weighted by Gasteiger charge is -2.17. The van der Waals surface area contributed by atoms with Crippen molar-refractivity contribution in [1.82, 2.24) is 14.5 Å². The molecule has 0 atom stereocenters. The van der Waals surface area contributed by atoms with Gasteiger partial charge in [0.1, 0.15) is 23.1 Å². The molecule has 1 heterocycles. The highest BCUT2D eigenvalue weighted by molar-refractivity contribution is 6.30. The van der Waals surface area contributed by atoms with Crippen LogP contribution in [0.5, 0.6) is 17.2 Å². The van der Waals surface area contributed by atoms with E-state index in [0.717, 1.165) is 85.1 Å². The number of hydrogen-bond acceptors (Lipinski definition) is 5. The summed E-state index contributed by atoms with van der Waals surface area (Å²) in [5.41, 5.74) is 3.74. The minimum absolute atomic E-state index is 0.153. The predicted molar refractivity (Wildman–Crippen MR) is 160 cm³/mol. The van der Waals surface area contributed by atoms with Crippen LogP contribution in [0.15, 0.2) is 60.7 Å². The average Bonchev–Trinajstić information content (AvgIpc) is 3.30. The van der Waals surface area contributed by atoms with Crippen LogP contribution >= 0.6 is 11.6 Å². The van der Waals surface area contributed by atoms with Gasteiger partial charge in [0.25, 0.3) is 0 Å². The minimum atomic E-state index is 0.153. The maximum atomic E-state index is 11.0. The number of phenols is 1. The van der Waals surface area contributed by atoms with Gasteiger partial charge < -0.3 is 24.0 Å². The summed E-state index contributed by atoms with van der Waals surface area (Å²) in [6, 6.07) is 19.3. The molecule has 0 saturated heterocycles. The van der Waals surface area contributed by atoms with E-state index >= 15 is 0 Å². The number of phenolic OH excluding ortho intramolecular Hbond substituents is 1. The lowest BCUT2D eigenvalue weighted by atomic mass is 10.1. The van der Waals surface area contributed by atoms with Crippen molar-refractivity contribution in [2.75, 3.05) is 32.8 Å². The van der Waals surface area contributed by atoms with Crippen molar-refractivity contribution in [2.45, 2.75) is 53.0 Å². The van der Waals surface area contributed by atoms with Gasteiger partial charge in [-0.3, -0.25) is 0 Å². The van der Waals surface area contributed by atoms with Crippen LogP contribution in [-0.2, 0) is 13.0 Å². The number of ether oxygens (including phenoxy) is 2. The normalized spacial score (nSPS) is 11.4. The SMILES string of the molecule is CCCCn1c(-c2ccc(OCCc3ccc(Cl)cc3)cc2O)nc2ccc(OCCCN(CC)CC)cc21. The highest BCUT2D eigenvalue weighted by Gasteiger charge is 2.17. The fraction of sp³-hybridized carbons (Fsp3) is 0.406. The standard InChI is InChI=1S/C32H40ClN3O3/c1-4-7-19-36-30-22-26(38-20-8-18-35(5-2)6-3)14-16-29(30)34-32(36)28-15-13-27(23-31(28)37)39-21-17-24-9-11-25(33)12-10-24/h9-16,22-23,37H,4-8,17-21H2,1-3H3. The zero-order chi connectivity index (χ0) is 27.6. The summed E-state index contributed by atoms with van der Waals surface area (Å²) < 4.78 is 14.2. The molecule has 0 aliphatic carbocycles. The molecule has 0 saturated carbocycles. The van der Waals surface area contributed by atoms with Crippen molar-refractivity contribution in [1.29, 1.82) is 0 Å². The molecule has 3 aromatic carbocycles. The van der Waals surface area contributed by atoms with Crippen LogP contribution in [0, 0.1) is 0 Å². The monoisotopic (exact) mass is 549 g/mol. The summed E-state index contributed by atoms with van der Waals surface area (Å²) in [5.74, 6) is 2.38. The fourth-order valence-electron chi connectivity index (χ4n) is 4.69. The molecule has 0 amide bonds. The van der Waals surface area contributed by atoms with E-state index in [9.17, 15) is 5.11 Å². The predicted octanol–water partition coefficient (Wildman–Crippen LogP) is 7.59. The first-order valence-electron chi connectivity index (χ1n) is 14.1. The molecular weight excluding hydrogens is 510 g/mol. The lowest BCUT2D eigenvalue weighted by molar-refractivity contribution is 0.249. The number of halogens is 1. The van der Waals surface area contributed by atoms with Crippen molar-refractivity contribution in [2.24, 2.45) is 0 Å². The molecule has 0 spiro atoms. The summed E-state index contributed by atoms with van der Waals surface area (Å²) in [6.45, 7) is 11.7. The Labute approximate surface area is 237 Å². The van der Waals surface area contributed by atoms with Gasteiger partial charge in [0.2, 0.25) is 0 Å². The van der Waals surface area contributed by atoms with Crippen molar-refractivity contribution in [3.8, 4) is 28.6 Å². The Hall–Kier alpha value is -3.22. The number of imidazole rings is 1. The molecule has 208 valence electrons. The second kappa shape index (κ2) is 14.2. The van der Waals surface area contributed by atoms with E-state index in [0.29, 0.717) is 24.5 Å². The Kier molecular flexibility index (Phi) is 10.5. The van der Waals surface area contributed by atoms with Gasteiger partial charge >= 0.3 is 0 Å². The molecule has 1 N–H and O–H groups in total. The third-order valence-corrected chi connectivity index (χ3v) is 7.27. The molecule has 1 aromatic heterocycles. The van der Waals surface area contributed by atoms with Crippen molar-refractivity contribution in [3.05, 3.63) is 71.2 Å². The van der Waals surface area contributed by atoms with Crippen LogP contribution in [0.1, 0.15) is 45.6 Å². The Morgan fingerprint density at radius 1 is 0.872 bits per heavy atom. The van der Waals surface area contributed by atoms with Crippen LogP contribution in [0.3, 0.4) is 0 Å². The van der Waals surface area contributed by atoms with E-state index < -0.39 is 0 Å². The molecule has 4 rings (SSSR count). The molecule has 0 radical (unpaired) electrons. The van der Waals surface area contributed by atoms with E-state index in [-0.39, 0.29) is 5.75 Å². The summed E-state index contributed by atoms with van der Waals surface area (Å²) in [5, 5.41) is 11.7. The van der Waals surface area contributed by atoms with Gasteiger partial charge in [0, 0.05) is 36.7 Å². The minimum Gasteiger partial charge on any atom is -0.507 e. The molecule has 0 bridgehead atoms. The first-order valence-corrected chi connectivity index (χ1v) is 14.5. The number of hydrogen-bond donors (Lipinski definition) is 1. The van der Waals surface area contributed by atoms with E-state index in [4.69, 9.17) is 26.1 Å². The van der Waals surface area contributed by atoms with Crippen LogP contribution in [0.25, 0.3) is 22.4 Å². The molecule has 4 aromatic rings. The number of aromatic hydroxyl groups is 1. The van der Waals surface area contributed by atoms with Crippen molar-refractivity contribution >= 4 is 22.6 Å². The number of unbranched alkanes of at least 4 members (excludes halogenated alkanes) is 1. The molecule has 0 aliphatic rings. The second-order valence-electron chi connectivity index (χ2n) is 9.72. The molecule has 7 heteroatoms. The highest BCUT2D eigenvalue weighted by atomic mass is 35.5. The van der Waals surface area contributed by atoms with E-state index in [1.54, 1.807) is 6.07 Å². The quantitative estimate of drug-likeness (QED) is 0.155. The van der Waals surface area contributed by atoms with Crippen LogP contribution in [-0.4, -0.2) is 52.4 Å².